The van der Waals surface area contributed by atoms with Gasteiger partial charge in [-0.1, -0.05) is 84.8 Å². The number of phenolic OH excluding ortho intramolecular Hbond substituents is 1. The van der Waals surface area contributed by atoms with Crippen LogP contribution in [0.4, 0.5) is 5.69 Å². The second kappa shape index (κ2) is 11.8. The Bertz CT molecular complexity index is 1850. The zero-order chi connectivity index (χ0) is 33.0. The highest BCUT2D eigenvalue weighted by Gasteiger charge is 2.69. The molecule has 7 rings (SSSR count). The molecule has 2 heterocycles. The number of amides is 4. The van der Waals surface area contributed by atoms with Crippen LogP contribution in [0.3, 0.4) is 0 Å². The smallest absolute Gasteiger partial charge is 0.246 e. The van der Waals surface area contributed by atoms with E-state index in [-0.39, 0.29) is 35.8 Å². The second-order valence-electron chi connectivity index (χ2n) is 12.8. The zero-order valence-corrected chi connectivity index (χ0v) is 26.9. The van der Waals surface area contributed by atoms with Crippen molar-refractivity contribution in [2.24, 2.45) is 29.6 Å². The number of hydrogen-bond donors (Lipinski definition) is 1. The Hall–Kier alpha value is -4.69. The fourth-order valence-electron chi connectivity index (χ4n) is 8.50. The Balaban J connectivity index is 1.44. The first-order chi connectivity index (χ1) is 22.7. The number of anilines is 1. The average Bonchev–Trinajstić information content (AvgIpc) is 3.46. The van der Waals surface area contributed by atoms with Gasteiger partial charge in [-0.25, -0.2) is 4.90 Å². The highest BCUT2D eigenvalue weighted by Crippen LogP contribution is 2.62. The minimum absolute atomic E-state index is 0.000918. The van der Waals surface area contributed by atoms with Crippen LogP contribution in [0.2, 0.25) is 5.02 Å². The number of nitrogens with zero attached hydrogens (tertiary/aromatic N) is 2. The molecule has 3 aromatic carbocycles. The van der Waals surface area contributed by atoms with Gasteiger partial charge in [0.1, 0.15) is 0 Å². The molecule has 2 aliphatic carbocycles. The number of rotatable bonds is 7. The van der Waals surface area contributed by atoms with Gasteiger partial charge in [-0.2, -0.15) is 0 Å². The lowest BCUT2D eigenvalue weighted by atomic mass is 9.50. The van der Waals surface area contributed by atoms with Crippen LogP contribution in [-0.4, -0.2) is 47.3 Å². The number of aromatic hydroxyl groups is 1. The molecular weight excluding hydrogens is 616 g/mol. The van der Waals surface area contributed by atoms with Crippen LogP contribution in [0.15, 0.2) is 90.5 Å². The maximum Gasteiger partial charge on any atom is 0.246 e. The molecule has 0 bridgehead atoms. The van der Waals surface area contributed by atoms with Gasteiger partial charge in [-0.15, -0.1) is 0 Å². The topological polar surface area (TPSA) is 104 Å². The number of ether oxygens (including phenoxy) is 1. The van der Waals surface area contributed by atoms with E-state index in [1.54, 1.807) is 42.5 Å². The molecule has 3 fully saturated rings. The second-order valence-corrected chi connectivity index (χ2v) is 13.2. The van der Waals surface area contributed by atoms with Gasteiger partial charge < -0.3 is 9.84 Å². The zero-order valence-electron chi connectivity index (χ0n) is 26.1. The lowest BCUT2D eigenvalue weighted by Gasteiger charge is -2.49. The maximum absolute atomic E-state index is 15.1. The molecule has 9 heteroatoms. The molecular formula is C38H35ClN2O6. The third kappa shape index (κ3) is 4.64. The summed E-state index contributed by atoms with van der Waals surface area (Å²) in [5.74, 6) is -3.71. The quantitative estimate of drug-likeness (QED) is 0.242. The molecule has 0 radical (unpaired) electrons. The Labute approximate surface area is 278 Å². The van der Waals surface area contributed by atoms with Crippen molar-refractivity contribution in [2.75, 3.05) is 18.6 Å². The summed E-state index contributed by atoms with van der Waals surface area (Å²) < 4.78 is 5.34. The van der Waals surface area contributed by atoms with Crippen molar-refractivity contribution in [3.05, 3.63) is 107 Å². The van der Waals surface area contributed by atoms with Crippen LogP contribution in [0, 0.1) is 29.6 Å². The van der Waals surface area contributed by atoms with Crippen molar-refractivity contribution in [2.45, 2.75) is 31.6 Å². The fourth-order valence-corrected chi connectivity index (χ4v) is 8.69. The molecule has 0 spiro atoms. The minimum Gasteiger partial charge on any atom is -0.504 e. The van der Waals surface area contributed by atoms with Crippen LogP contribution in [0.25, 0.3) is 6.08 Å². The molecule has 8 nitrogen and oxygen atoms in total. The number of halogens is 1. The number of likely N-dealkylation sites (tertiary alicyclic amines) is 1. The molecule has 240 valence electrons. The Morgan fingerprint density at radius 1 is 0.957 bits per heavy atom. The molecule has 47 heavy (non-hydrogen) atoms. The Morgan fingerprint density at radius 2 is 1.74 bits per heavy atom. The van der Waals surface area contributed by atoms with E-state index in [0.29, 0.717) is 41.4 Å². The molecule has 3 aromatic rings. The summed E-state index contributed by atoms with van der Waals surface area (Å²) in [6.45, 7) is 2.30. The Morgan fingerprint density at radius 3 is 2.47 bits per heavy atom. The first-order valence-electron chi connectivity index (χ1n) is 16.0. The molecule has 1 N–H and O–H groups in total. The van der Waals surface area contributed by atoms with Gasteiger partial charge in [0.25, 0.3) is 0 Å². The number of carbonyl (C=O) groups excluding carboxylic acids is 4. The lowest BCUT2D eigenvalue weighted by molar-refractivity contribution is -0.140. The van der Waals surface area contributed by atoms with Gasteiger partial charge in [0.2, 0.25) is 23.6 Å². The van der Waals surface area contributed by atoms with E-state index in [0.717, 1.165) is 11.1 Å². The van der Waals surface area contributed by atoms with Gasteiger partial charge in [0.05, 0.1) is 36.0 Å². The first kappa shape index (κ1) is 30.9. The summed E-state index contributed by atoms with van der Waals surface area (Å²) in [5.41, 5.74) is 1.37. The van der Waals surface area contributed by atoms with Crippen LogP contribution in [-0.2, 0) is 24.6 Å². The van der Waals surface area contributed by atoms with E-state index in [9.17, 15) is 19.5 Å². The number of methoxy groups -OCH3 is 1. The van der Waals surface area contributed by atoms with Crippen molar-refractivity contribution < 1.29 is 29.0 Å². The summed E-state index contributed by atoms with van der Waals surface area (Å²) in [7, 11) is 1.47. The third-order valence-electron chi connectivity index (χ3n) is 10.5. The molecule has 0 aromatic heterocycles. The summed E-state index contributed by atoms with van der Waals surface area (Å²) >= 11 is 6.36. The normalized spacial score (nSPS) is 28.4. The van der Waals surface area contributed by atoms with E-state index >= 15 is 4.79 Å². The van der Waals surface area contributed by atoms with Crippen LogP contribution >= 0.6 is 11.6 Å². The van der Waals surface area contributed by atoms with Crippen LogP contribution in [0.1, 0.15) is 37.3 Å². The van der Waals surface area contributed by atoms with E-state index in [4.69, 9.17) is 16.3 Å². The molecule has 4 aliphatic rings. The lowest BCUT2D eigenvalue weighted by Crippen LogP contribution is -2.54. The highest BCUT2D eigenvalue weighted by molar-refractivity contribution is 6.32. The molecule has 2 saturated heterocycles. The number of hydrogen-bond acceptors (Lipinski definition) is 6. The summed E-state index contributed by atoms with van der Waals surface area (Å²) in [5, 5.41) is 10.6. The SMILES string of the molecule is CCCN1C(=O)C2CC=C3C(CC4C(=O)N(c5cccc(Cl)c5)C(=O)C4(c4ccccc4)C3C=Cc3ccc(O)c(OC)c3)C2C1=O. The van der Waals surface area contributed by atoms with Crippen molar-refractivity contribution in [3.8, 4) is 11.5 Å². The molecule has 1 saturated carbocycles. The number of carbonyl (C=O) groups is 4. The number of phenols is 1. The standard InChI is InChI=1S/C38H35ClN2O6/c1-3-18-40-34(43)27-15-14-26-28(33(27)36(40)45)21-30-35(44)41(25-11-7-10-24(39)20-25)37(46)38(30,23-8-5-4-6-9-23)29(26)16-12-22-13-17-31(42)32(19-22)47-2/h4-14,16-17,19-20,27-30,33,42H,3,15,18,21H2,1-2H3. The summed E-state index contributed by atoms with van der Waals surface area (Å²) in [6.07, 6.45) is 7.15. The molecule has 4 amide bonds. The van der Waals surface area contributed by atoms with Gasteiger partial charge in [0.15, 0.2) is 11.5 Å². The van der Waals surface area contributed by atoms with Crippen LogP contribution in [0.5, 0.6) is 11.5 Å². The third-order valence-corrected chi connectivity index (χ3v) is 10.7. The van der Waals surface area contributed by atoms with Gasteiger partial charge in [-0.3, -0.25) is 24.1 Å². The van der Waals surface area contributed by atoms with Crippen molar-refractivity contribution in [1.29, 1.82) is 0 Å². The van der Waals surface area contributed by atoms with E-state index in [1.807, 2.05) is 55.5 Å². The Kier molecular flexibility index (Phi) is 7.79. The largest absolute Gasteiger partial charge is 0.504 e. The molecule has 6 atom stereocenters. The number of fused-ring (bicyclic) bond motifs is 4. The van der Waals surface area contributed by atoms with Crippen molar-refractivity contribution in [3.63, 3.8) is 0 Å². The highest BCUT2D eigenvalue weighted by atomic mass is 35.5. The van der Waals surface area contributed by atoms with E-state index < -0.39 is 35.0 Å². The number of benzene rings is 3. The van der Waals surface area contributed by atoms with E-state index in [1.165, 1.54) is 16.9 Å². The maximum atomic E-state index is 15.1. The molecule has 2 aliphatic heterocycles. The van der Waals surface area contributed by atoms with Gasteiger partial charge >= 0.3 is 0 Å². The minimum atomic E-state index is -1.33. The van der Waals surface area contributed by atoms with E-state index in [2.05, 4.69) is 0 Å². The average molecular weight is 651 g/mol. The van der Waals surface area contributed by atoms with Crippen molar-refractivity contribution in [1.82, 2.24) is 4.90 Å². The van der Waals surface area contributed by atoms with Gasteiger partial charge in [0, 0.05) is 17.5 Å². The monoisotopic (exact) mass is 650 g/mol. The number of imide groups is 2. The first-order valence-corrected chi connectivity index (χ1v) is 16.4. The van der Waals surface area contributed by atoms with Gasteiger partial charge in [-0.05, 0) is 66.6 Å². The van der Waals surface area contributed by atoms with Crippen LogP contribution < -0.4 is 9.64 Å². The fraction of sp³-hybridized carbons (Fsp3) is 0.316. The predicted octanol–water partition coefficient (Wildman–Crippen LogP) is 6.17. The number of allylic oxidation sites excluding steroid dienone is 3. The molecule has 6 unspecified atom stereocenters. The van der Waals surface area contributed by atoms with Crippen molar-refractivity contribution >= 4 is 47.0 Å². The summed E-state index contributed by atoms with van der Waals surface area (Å²) in [6, 6.07) is 21.1. The summed E-state index contributed by atoms with van der Waals surface area (Å²) in [4.78, 5) is 59.9. The predicted molar refractivity (Wildman–Crippen MR) is 178 cm³/mol.